The molecule has 1 aromatic heterocycles. The summed E-state index contributed by atoms with van der Waals surface area (Å²) in [7, 11) is 0. The molecule has 1 aromatic rings. The second-order valence-corrected chi connectivity index (χ2v) is 5.31. The number of likely N-dealkylation sites (tertiary alicyclic amines) is 1. The lowest BCUT2D eigenvalue weighted by molar-refractivity contribution is -0.132. The van der Waals surface area contributed by atoms with Crippen molar-refractivity contribution in [1.29, 1.82) is 0 Å². The van der Waals surface area contributed by atoms with Crippen LogP contribution < -0.4 is 4.87 Å². The van der Waals surface area contributed by atoms with Crippen LogP contribution in [0.3, 0.4) is 0 Å². The van der Waals surface area contributed by atoms with Gasteiger partial charge in [0.15, 0.2) is 0 Å². The quantitative estimate of drug-likeness (QED) is 0.822. The molecule has 0 aliphatic carbocycles. The number of rotatable bonds is 3. The number of amides is 1. The molecule has 0 aromatic carbocycles. The van der Waals surface area contributed by atoms with Crippen molar-refractivity contribution in [2.24, 2.45) is 0 Å². The zero-order valence-corrected chi connectivity index (χ0v) is 11.0. The van der Waals surface area contributed by atoms with Crippen molar-refractivity contribution in [1.82, 2.24) is 9.47 Å². The maximum atomic E-state index is 11.9. The molecular weight excluding hydrogens is 236 g/mol. The number of thiazole rings is 1. The Bertz CT molecular complexity index is 444. The molecule has 0 spiro atoms. The second kappa shape index (κ2) is 5.49. The van der Waals surface area contributed by atoms with E-state index in [9.17, 15) is 9.59 Å². The van der Waals surface area contributed by atoms with E-state index in [0.717, 1.165) is 31.6 Å². The molecule has 1 fully saturated rings. The first-order valence-corrected chi connectivity index (χ1v) is 6.99. The molecular formula is C12H18N2O2S. The number of aromatic nitrogens is 1. The van der Waals surface area contributed by atoms with Crippen LogP contribution in [0.25, 0.3) is 0 Å². The van der Waals surface area contributed by atoms with Gasteiger partial charge in [0.05, 0.1) is 0 Å². The Kier molecular flexibility index (Phi) is 3.99. The lowest BCUT2D eigenvalue weighted by Crippen LogP contribution is -2.36. The van der Waals surface area contributed by atoms with Crippen molar-refractivity contribution >= 4 is 17.2 Å². The lowest BCUT2D eigenvalue weighted by atomic mass is 10.1. The van der Waals surface area contributed by atoms with Crippen molar-refractivity contribution in [3.63, 3.8) is 0 Å². The van der Waals surface area contributed by atoms with Gasteiger partial charge in [-0.15, -0.1) is 0 Å². The molecule has 0 radical (unpaired) electrons. The maximum absolute atomic E-state index is 11.9. The van der Waals surface area contributed by atoms with Gasteiger partial charge in [-0.25, -0.2) is 0 Å². The van der Waals surface area contributed by atoms with E-state index in [0.29, 0.717) is 13.0 Å². The minimum atomic E-state index is 0.0361. The molecule has 1 amide bonds. The number of piperidine rings is 1. The van der Waals surface area contributed by atoms with Crippen LogP contribution in [-0.2, 0) is 11.3 Å². The van der Waals surface area contributed by atoms with Crippen molar-refractivity contribution in [3.05, 3.63) is 20.7 Å². The van der Waals surface area contributed by atoms with Crippen LogP contribution >= 0.6 is 11.3 Å². The van der Waals surface area contributed by atoms with Gasteiger partial charge >= 0.3 is 4.87 Å². The number of aryl methyl sites for hydroxylation is 1. The van der Waals surface area contributed by atoms with Crippen LogP contribution in [0.5, 0.6) is 0 Å². The van der Waals surface area contributed by atoms with Gasteiger partial charge in [-0.3, -0.25) is 9.59 Å². The van der Waals surface area contributed by atoms with Crippen LogP contribution in [0, 0.1) is 6.92 Å². The predicted octanol–water partition coefficient (Wildman–Crippen LogP) is 1.62. The molecule has 2 heterocycles. The largest absolute Gasteiger partial charge is 0.343 e. The normalized spacial score (nSPS) is 16.2. The van der Waals surface area contributed by atoms with Crippen molar-refractivity contribution < 1.29 is 4.79 Å². The Morgan fingerprint density at radius 1 is 1.35 bits per heavy atom. The molecule has 2 rings (SSSR count). The minimum Gasteiger partial charge on any atom is -0.343 e. The van der Waals surface area contributed by atoms with Crippen molar-refractivity contribution in [3.8, 4) is 0 Å². The molecule has 0 atom stereocenters. The van der Waals surface area contributed by atoms with Gasteiger partial charge in [-0.2, -0.15) is 0 Å². The van der Waals surface area contributed by atoms with E-state index in [4.69, 9.17) is 0 Å². The SMILES string of the molecule is Cc1csc(=O)n1CCC(=O)N1CCCCC1. The van der Waals surface area contributed by atoms with Crippen LogP contribution in [0.15, 0.2) is 10.2 Å². The highest BCUT2D eigenvalue weighted by Crippen LogP contribution is 2.10. The maximum Gasteiger partial charge on any atom is 0.307 e. The fourth-order valence-corrected chi connectivity index (χ4v) is 2.94. The standard InChI is InChI=1S/C12H18N2O2S/c1-10-9-17-12(16)14(10)8-5-11(15)13-6-3-2-4-7-13/h9H,2-8H2,1H3. The molecule has 17 heavy (non-hydrogen) atoms. The summed E-state index contributed by atoms with van der Waals surface area (Å²) in [5, 5.41) is 1.84. The van der Waals surface area contributed by atoms with Gasteiger partial charge in [0.1, 0.15) is 0 Å². The summed E-state index contributed by atoms with van der Waals surface area (Å²) in [5.41, 5.74) is 0.950. The molecule has 1 saturated heterocycles. The Balaban J connectivity index is 1.89. The first-order chi connectivity index (χ1) is 8.18. The highest BCUT2D eigenvalue weighted by molar-refractivity contribution is 7.07. The summed E-state index contributed by atoms with van der Waals surface area (Å²) in [6.45, 7) is 4.19. The van der Waals surface area contributed by atoms with Crippen molar-refractivity contribution in [2.75, 3.05) is 13.1 Å². The minimum absolute atomic E-state index is 0.0361. The van der Waals surface area contributed by atoms with Gasteiger partial charge in [-0.1, -0.05) is 11.3 Å². The summed E-state index contributed by atoms with van der Waals surface area (Å²) in [5.74, 6) is 0.183. The first-order valence-electron chi connectivity index (χ1n) is 6.11. The zero-order valence-electron chi connectivity index (χ0n) is 10.1. The Morgan fingerprint density at radius 2 is 2.06 bits per heavy atom. The van der Waals surface area contributed by atoms with Crippen molar-refractivity contribution in [2.45, 2.75) is 39.2 Å². The first kappa shape index (κ1) is 12.4. The van der Waals surface area contributed by atoms with Crippen LogP contribution in [0.2, 0.25) is 0 Å². The Morgan fingerprint density at radius 3 is 2.65 bits per heavy atom. The van der Waals surface area contributed by atoms with E-state index in [1.807, 2.05) is 17.2 Å². The third kappa shape index (κ3) is 2.97. The number of hydrogen-bond donors (Lipinski definition) is 0. The average molecular weight is 254 g/mol. The van der Waals surface area contributed by atoms with Gasteiger partial charge < -0.3 is 9.47 Å². The number of carbonyl (C=O) groups excluding carboxylic acids is 1. The van der Waals surface area contributed by atoms with E-state index in [2.05, 4.69) is 0 Å². The van der Waals surface area contributed by atoms with Gasteiger partial charge in [0.2, 0.25) is 5.91 Å². The third-order valence-corrected chi connectivity index (χ3v) is 4.12. The number of nitrogens with zero attached hydrogens (tertiary/aromatic N) is 2. The smallest absolute Gasteiger partial charge is 0.307 e. The number of hydrogen-bond acceptors (Lipinski definition) is 3. The summed E-state index contributed by atoms with van der Waals surface area (Å²) < 4.78 is 1.69. The number of carbonyl (C=O) groups is 1. The van der Waals surface area contributed by atoms with Gasteiger partial charge in [-0.05, 0) is 26.2 Å². The molecule has 4 nitrogen and oxygen atoms in total. The summed E-state index contributed by atoms with van der Waals surface area (Å²) >= 11 is 1.20. The Labute approximate surface area is 105 Å². The fraction of sp³-hybridized carbons (Fsp3) is 0.667. The molecule has 0 saturated carbocycles. The highest BCUT2D eigenvalue weighted by atomic mass is 32.1. The van der Waals surface area contributed by atoms with Crippen LogP contribution in [-0.4, -0.2) is 28.5 Å². The third-order valence-electron chi connectivity index (χ3n) is 3.23. The zero-order chi connectivity index (χ0) is 12.3. The highest BCUT2D eigenvalue weighted by Gasteiger charge is 2.16. The summed E-state index contributed by atoms with van der Waals surface area (Å²) in [6.07, 6.45) is 3.90. The topological polar surface area (TPSA) is 42.3 Å². The van der Waals surface area contributed by atoms with E-state index < -0.39 is 0 Å². The van der Waals surface area contributed by atoms with E-state index >= 15 is 0 Å². The summed E-state index contributed by atoms with van der Waals surface area (Å²) in [6, 6.07) is 0. The van der Waals surface area contributed by atoms with Crippen LogP contribution in [0.1, 0.15) is 31.4 Å². The predicted molar refractivity (Wildman–Crippen MR) is 68.4 cm³/mol. The molecule has 94 valence electrons. The van der Waals surface area contributed by atoms with Gasteiger partial charge in [0, 0.05) is 37.1 Å². The second-order valence-electron chi connectivity index (χ2n) is 4.49. The monoisotopic (exact) mass is 254 g/mol. The average Bonchev–Trinajstić information content (AvgIpc) is 2.67. The van der Waals surface area contributed by atoms with Crippen LogP contribution in [0.4, 0.5) is 0 Å². The lowest BCUT2D eigenvalue weighted by Gasteiger charge is -2.26. The Hall–Kier alpha value is -1.10. The molecule has 0 bridgehead atoms. The molecule has 0 N–H and O–H groups in total. The van der Waals surface area contributed by atoms with E-state index in [1.165, 1.54) is 17.8 Å². The fourth-order valence-electron chi connectivity index (χ4n) is 2.18. The molecule has 1 aliphatic rings. The molecule has 1 aliphatic heterocycles. The summed E-state index contributed by atoms with van der Waals surface area (Å²) in [4.78, 5) is 25.4. The van der Waals surface area contributed by atoms with E-state index in [-0.39, 0.29) is 10.8 Å². The van der Waals surface area contributed by atoms with Gasteiger partial charge in [0.25, 0.3) is 0 Å². The van der Waals surface area contributed by atoms with E-state index in [1.54, 1.807) is 4.57 Å². The molecule has 0 unspecified atom stereocenters. The molecule has 5 heteroatoms.